The maximum Gasteiger partial charge on any atom is 0.138 e. The van der Waals surface area contributed by atoms with Crippen molar-refractivity contribution in [1.82, 2.24) is 0 Å². The van der Waals surface area contributed by atoms with Gasteiger partial charge in [-0.25, -0.2) is 0 Å². The van der Waals surface area contributed by atoms with Crippen LogP contribution < -0.4 is 5.73 Å². The molecule has 0 aliphatic heterocycles. The maximum atomic E-state index is 6.39. The van der Waals surface area contributed by atoms with Gasteiger partial charge in [0, 0.05) is 0 Å². The molecule has 2 rings (SSSR count). The molecule has 2 saturated carbocycles. The van der Waals surface area contributed by atoms with E-state index in [0.29, 0.717) is 17.4 Å². The van der Waals surface area contributed by atoms with Gasteiger partial charge in [0.05, 0.1) is 11.8 Å². The van der Waals surface area contributed by atoms with Crippen LogP contribution in [0.2, 0.25) is 0 Å². The summed E-state index contributed by atoms with van der Waals surface area (Å²) in [6.07, 6.45) is 13.7. The summed E-state index contributed by atoms with van der Waals surface area (Å²) in [4.78, 5) is 0. The SMILES string of the molecule is C/C=C(N)\C(=C/C(C)C)OC1CCC2(C)C(CC)CCCC2C1. The largest absolute Gasteiger partial charge is 0.489 e. The average molecular weight is 320 g/mol. The smallest absolute Gasteiger partial charge is 0.138 e. The number of hydrogen-bond donors (Lipinski definition) is 1. The Morgan fingerprint density at radius 1 is 1.30 bits per heavy atom. The molecule has 0 heterocycles. The molecule has 0 amide bonds. The first-order valence-electron chi connectivity index (χ1n) is 9.71. The van der Waals surface area contributed by atoms with Crippen LogP contribution >= 0.6 is 0 Å². The highest BCUT2D eigenvalue weighted by Gasteiger charge is 2.46. The molecule has 4 unspecified atom stereocenters. The molecule has 2 nitrogen and oxygen atoms in total. The van der Waals surface area contributed by atoms with Gasteiger partial charge in [0.2, 0.25) is 0 Å². The third-order valence-electron chi connectivity index (χ3n) is 6.39. The zero-order valence-corrected chi connectivity index (χ0v) is 15.9. The number of allylic oxidation sites excluding steroid dienone is 2. The molecule has 0 spiro atoms. The Labute approximate surface area is 143 Å². The molecule has 0 radical (unpaired) electrons. The van der Waals surface area contributed by atoms with Gasteiger partial charge in [-0.05, 0) is 68.3 Å². The average Bonchev–Trinajstić information content (AvgIpc) is 2.52. The fraction of sp³-hybridized carbons (Fsp3) is 0.810. The summed E-state index contributed by atoms with van der Waals surface area (Å²) in [5, 5.41) is 0. The van der Waals surface area contributed by atoms with E-state index in [1.165, 1.54) is 44.9 Å². The minimum atomic E-state index is 0.340. The highest BCUT2D eigenvalue weighted by atomic mass is 16.5. The molecule has 2 heteroatoms. The lowest BCUT2D eigenvalue weighted by molar-refractivity contribution is -0.0557. The third-order valence-corrected chi connectivity index (χ3v) is 6.39. The van der Waals surface area contributed by atoms with Gasteiger partial charge in [0.25, 0.3) is 0 Å². The molecule has 2 aliphatic rings. The summed E-state index contributed by atoms with van der Waals surface area (Å²) in [6, 6.07) is 0. The van der Waals surface area contributed by atoms with Crippen molar-refractivity contribution in [3.8, 4) is 0 Å². The Balaban J connectivity index is 2.07. The van der Waals surface area contributed by atoms with Crippen molar-refractivity contribution in [3.05, 3.63) is 23.6 Å². The Morgan fingerprint density at radius 2 is 2.04 bits per heavy atom. The van der Waals surface area contributed by atoms with Crippen molar-refractivity contribution >= 4 is 0 Å². The van der Waals surface area contributed by atoms with Gasteiger partial charge >= 0.3 is 0 Å². The first-order valence-corrected chi connectivity index (χ1v) is 9.71. The highest BCUT2D eigenvalue weighted by Crippen LogP contribution is 2.54. The van der Waals surface area contributed by atoms with Gasteiger partial charge < -0.3 is 10.5 Å². The topological polar surface area (TPSA) is 35.2 Å². The van der Waals surface area contributed by atoms with Crippen LogP contribution in [0.5, 0.6) is 0 Å². The summed E-state index contributed by atoms with van der Waals surface area (Å²) >= 11 is 0. The van der Waals surface area contributed by atoms with E-state index in [4.69, 9.17) is 10.5 Å². The summed E-state index contributed by atoms with van der Waals surface area (Å²) in [5.41, 5.74) is 7.47. The molecule has 23 heavy (non-hydrogen) atoms. The van der Waals surface area contributed by atoms with Crippen LogP contribution in [0.4, 0.5) is 0 Å². The van der Waals surface area contributed by atoms with E-state index in [2.05, 4.69) is 33.8 Å². The van der Waals surface area contributed by atoms with E-state index in [1.54, 1.807) is 0 Å². The van der Waals surface area contributed by atoms with Gasteiger partial charge in [-0.2, -0.15) is 0 Å². The third kappa shape index (κ3) is 4.14. The van der Waals surface area contributed by atoms with Crippen LogP contribution in [-0.4, -0.2) is 6.10 Å². The van der Waals surface area contributed by atoms with Crippen molar-refractivity contribution in [2.45, 2.75) is 85.7 Å². The summed E-state index contributed by atoms with van der Waals surface area (Å²) in [7, 11) is 0. The standard InChI is InChI=1S/C21H37NO/c1-6-16-9-8-10-17-14-18(11-12-21(16,17)5)23-20(13-15(3)4)19(22)7-2/h7,13,15-18H,6,8-12,14,22H2,1-5H3/b19-7+,20-13+. The van der Waals surface area contributed by atoms with Crippen molar-refractivity contribution in [1.29, 1.82) is 0 Å². The molecule has 2 fully saturated rings. The zero-order valence-electron chi connectivity index (χ0n) is 15.9. The van der Waals surface area contributed by atoms with Gasteiger partial charge in [-0.1, -0.05) is 46.6 Å². The van der Waals surface area contributed by atoms with Crippen molar-refractivity contribution in [3.63, 3.8) is 0 Å². The summed E-state index contributed by atoms with van der Waals surface area (Å²) in [6.45, 7) is 11.3. The van der Waals surface area contributed by atoms with Crippen LogP contribution in [0.1, 0.15) is 79.6 Å². The molecule has 0 saturated heterocycles. The normalized spacial score (nSPS) is 36.0. The molecule has 0 aromatic rings. The van der Waals surface area contributed by atoms with Crippen molar-refractivity contribution in [2.75, 3.05) is 0 Å². The van der Waals surface area contributed by atoms with Crippen LogP contribution in [0.15, 0.2) is 23.6 Å². The van der Waals surface area contributed by atoms with E-state index in [1.807, 2.05) is 13.0 Å². The molecule has 2 aliphatic carbocycles. The van der Waals surface area contributed by atoms with Crippen LogP contribution in [0, 0.1) is 23.2 Å². The first-order chi connectivity index (χ1) is 10.9. The van der Waals surface area contributed by atoms with Gasteiger partial charge in [0.1, 0.15) is 5.76 Å². The van der Waals surface area contributed by atoms with E-state index in [-0.39, 0.29) is 0 Å². The summed E-state index contributed by atoms with van der Waals surface area (Å²) < 4.78 is 6.39. The molecule has 0 aromatic heterocycles. The number of rotatable bonds is 5. The fourth-order valence-electron chi connectivity index (χ4n) is 4.91. The maximum absolute atomic E-state index is 6.39. The zero-order chi connectivity index (χ0) is 17.0. The molecule has 0 aromatic carbocycles. The second-order valence-electron chi connectivity index (χ2n) is 8.27. The van der Waals surface area contributed by atoms with E-state index >= 15 is 0 Å². The fourth-order valence-corrected chi connectivity index (χ4v) is 4.91. The molecular weight excluding hydrogens is 282 g/mol. The van der Waals surface area contributed by atoms with Crippen molar-refractivity contribution < 1.29 is 4.74 Å². The van der Waals surface area contributed by atoms with E-state index in [0.717, 1.165) is 23.3 Å². The second-order valence-corrected chi connectivity index (χ2v) is 8.27. The highest BCUT2D eigenvalue weighted by molar-refractivity contribution is 5.22. The molecule has 4 atom stereocenters. The van der Waals surface area contributed by atoms with Gasteiger partial charge in [0.15, 0.2) is 0 Å². The molecular formula is C21H37NO. The Bertz CT molecular complexity index is 451. The molecule has 2 N–H and O–H groups in total. The monoisotopic (exact) mass is 319 g/mol. The Morgan fingerprint density at radius 3 is 2.65 bits per heavy atom. The Kier molecular flexibility index (Phi) is 6.22. The number of nitrogens with two attached hydrogens (primary N) is 1. The first kappa shape index (κ1) is 18.4. The predicted molar refractivity (Wildman–Crippen MR) is 98.8 cm³/mol. The predicted octanol–water partition coefficient (Wildman–Crippen LogP) is 5.79. The number of hydrogen-bond acceptors (Lipinski definition) is 2. The lowest BCUT2D eigenvalue weighted by Crippen LogP contribution is -2.44. The number of ether oxygens (including phenoxy) is 1. The Hall–Kier alpha value is -0.920. The van der Waals surface area contributed by atoms with Gasteiger partial charge in [-0.15, -0.1) is 0 Å². The van der Waals surface area contributed by atoms with Crippen LogP contribution in [0.3, 0.4) is 0 Å². The lowest BCUT2D eigenvalue weighted by Gasteiger charge is -2.52. The quantitative estimate of drug-likeness (QED) is 0.514. The van der Waals surface area contributed by atoms with Crippen LogP contribution in [0.25, 0.3) is 0 Å². The molecule has 0 bridgehead atoms. The lowest BCUT2D eigenvalue weighted by atomic mass is 9.54. The van der Waals surface area contributed by atoms with Crippen LogP contribution in [-0.2, 0) is 4.74 Å². The minimum absolute atomic E-state index is 0.340. The summed E-state index contributed by atoms with van der Waals surface area (Å²) in [5.74, 6) is 3.09. The number of fused-ring (bicyclic) bond motifs is 1. The van der Waals surface area contributed by atoms with Gasteiger partial charge in [-0.3, -0.25) is 0 Å². The van der Waals surface area contributed by atoms with E-state index in [9.17, 15) is 0 Å². The molecule has 132 valence electrons. The van der Waals surface area contributed by atoms with Crippen molar-refractivity contribution in [2.24, 2.45) is 28.9 Å². The minimum Gasteiger partial charge on any atom is -0.489 e. The second kappa shape index (κ2) is 7.77. The van der Waals surface area contributed by atoms with E-state index < -0.39 is 0 Å².